The number of aliphatic imine (C=N–C) groups is 1. The van der Waals surface area contributed by atoms with Gasteiger partial charge in [-0.1, -0.05) is 6.42 Å². The summed E-state index contributed by atoms with van der Waals surface area (Å²) in [5, 5.41) is 3.50. The van der Waals surface area contributed by atoms with Crippen molar-refractivity contribution in [2.75, 3.05) is 37.6 Å². The van der Waals surface area contributed by atoms with Gasteiger partial charge in [0.2, 0.25) is 0 Å². The molecule has 2 saturated heterocycles. The average molecular weight is 342 g/mol. The zero-order chi connectivity index (χ0) is 17.1. The molecule has 3 heterocycles. The van der Waals surface area contributed by atoms with Gasteiger partial charge < -0.3 is 15.1 Å². The second-order valence-corrected chi connectivity index (χ2v) is 7.91. The zero-order valence-electron chi connectivity index (χ0n) is 15.5. The molecule has 5 nitrogen and oxygen atoms in total. The van der Waals surface area contributed by atoms with E-state index in [1.54, 1.807) is 0 Å². The van der Waals surface area contributed by atoms with Gasteiger partial charge in [-0.05, 0) is 62.1 Å². The molecule has 0 atom stereocenters. The standard InChI is InChI=1S/C20H31N5/c1-2-21-19(25-13-9-20(16-25)7-5-8-20)23-15-17-6-10-22-18(14-17)24-11-3-4-12-24/h6,10,14H,2-5,7-9,11-13,15-16H2,1H3,(H,21,23). The number of pyridine rings is 1. The van der Waals surface area contributed by atoms with Crippen LogP contribution >= 0.6 is 0 Å². The molecule has 1 spiro atoms. The van der Waals surface area contributed by atoms with Crippen LogP contribution in [-0.4, -0.2) is 48.6 Å². The lowest BCUT2D eigenvalue weighted by Crippen LogP contribution is -2.42. The minimum absolute atomic E-state index is 0.607. The Kier molecular flexibility index (Phi) is 4.82. The van der Waals surface area contributed by atoms with Gasteiger partial charge in [-0.15, -0.1) is 0 Å². The van der Waals surface area contributed by atoms with Crippen molar-refractivity contribution in [2.45, 2.75) is 52.0 Å². The van der Waals surface area contributed by atoms with Crippen molar-refractivity contribution >= 4 is 11.8 Å². The second-order valence-electron chi connectivity index (χ2n) is 7.91. The van der Waals surface area contributed by atoms with Crippen LogP contribution in [0.15, 0.2) is 23.3 Å². The number of nitrogens with zero attached hydrogens (tertiary/aromatic N) is 4. The Balaban J connectivity index is 1.43. The molecule has 1 aliphatic carbocycles. The molecule has 0 bridgehead atoms. The Morgan fingerprint density at radius 3 is 2.72 bits per heavy atom. The Morgan fingerprint density at radius 2 is 2.04 bits per heavy atom. The summed E-state index contributed by atoms with van der Waals surface area (Å²) in [6.45, 7) is 8.43. The van der Waals surface area contributed by atoms with E-state index in [4.69, 9.17) is 4.99 Å². The van der Waals surface area contributed by atoms with Crippen LogP contribution in [0.25, 0.3) is 0 Å². The van der Waals surface area contributed by atoms with Crippen LogP contribution in [0.4, 0.5) is 5.82 Å². The molecule has 3 aliphatic rings. The summed E-state index contributed by atoms with van der Waals surface area (Å²) in [7, 11) is 0. The number of guanidine groups is 1. The highest BCUT2D eigenvalue weighted by atomic mass is 15.3. The molecular weight excluding hydrogens is 310 g/mol. The first kappa shape index (κ1) is 16.7. The number of aromatic nitrogens is 1. The fourth-order valence-corrected chi connectivity index (χ4v) is 4.47. The zero-order valence-corrected chi connectivity index (χ0v) is 15.5. The SMILES string of the molecule is CCNC(=NCc1ccnc(N2CCCC2)c1)N1CCC2(CCC2)C1. The molecule has 136 valence electrons. The summed E-state index contributed by atoms with van der Waals surface area (Å²) < 4.78 is 0. The number of hydrogen-bond donors (Lipinski definition) is 1. The largest absolute Gasteiger partial charge is 0.357 e. The fourth-order valence-electron chi connectivity index (χ4n) is 4.47. The molecule has 3 fully saturated rings. The Labute approximate surface area is 151 Å². The lowest BCUT2D eigenvalue weighted by molar-refractivity contribution is 0.151. The summed E-state index contributed by atoms with van der Waals surface area (Å²) in [4.78, 5) is 14.4. The van der Waals surface area contributed by atoms with Crippen molar-refractivity contribution in [1.82, 2.24) is 15.2 Å². The Bertz CT molecular complexity index is 616. The van der Waals surface area contributed by atoms with Crippen LogP contribution in [0, 0.1) is 5.41 Å². The third kappa shape index (κ3) is 3.60. The quantitative estimate of drug-likeness (QED) is 0.675. The number of rotatable bonds is 4. The summed E-state index contributed by atoms with van der Waals surface area (Å²) >= 11 is 0. The van der Waals surface area contributed by atoms with E-state index in [1.165, 1.54) is 50.6 Å². The Hall–Kier alpha value is -1.78. The van der Waals surface area contributed by atoms with Crippen LogP contribution in [-0.2, 0) is 6.54 Å². The van der Waals surface area contributed by atoms with Crippen LogP contribution in [0.5, 0.6) is 0 Å². The van der Waals surface area contributed by atoms with Crippen LogP contribution in [0.1, 0.15) is 51.0 Å². The molecule has 1 saturated carbocycles. The maximum Gasteiger partial charge on any atom is 0.194 e. The fraction of sp³-hybridized carbons (Fsp3) is 0.700. The molecule has 4 rings (SSSR count). The minimum Gasteiger partial charge on any atom is -0.357 e. The first-order chi connectivity index (χ1) is 12.3. The lowest BCUT2D eigenvalue weighted by atomic mass is 9.68. The lowest BCUT2D eigenvalue weighted by Gasteiger charge is -2.38. The molecule has 0 amide bonds. The van der Waals surface area contributed by atoms with E-state index in [9.17, 15) is 0 Å². The highest BCUT2D eigenvalue weighted by molar-refractivity contribution is 5.80. The van der Waals surface area contributed by atoms with E-state index in [-0.39, 0.29) is 0 Å². The van der Waals surface area contributed by atoms with Gasteiger partial charge in [-0.25, -0.2) is 9.98 Å². The van der Waals surface area contributed by atoms with Gasteiger partial charge in [-0.2, -0.15) is 0 Å². The molecular formula is C20H31N5. The predicted molar refractivity (Wildman–Crippen MR) is 103 cm³/mol. The van der Waals surface area contributed by atoms with Crippen molar-refractivity contribution in [3.8, 4) is 0 Å². The van der Waals surface area contributed by atoms with Gasteiger partial charge in [0.05, 0.1) is 6.54 Å². The number of anilines is 1. The predicted octanol–water partition coefficient (Wildman–Crippen LogP) is 3.02. The topological polar surface area (TPSA) is 43.8 Å². The number of nitrogens with one attached hydrogen (secondary N) is 1. The molecule has 0 aromatic carbocycles. The molecule has 0 radical (unpaired) electrons. The monoisotopic (exact) mass is 341 g/mol. The minimum atomic E-state index is 0.607. The van der Waals surface area contributed by atoms with Gasteiger partial charge in [0, 0.05) is 38.9 Å². The third-order valence-corrected chi connectivity index (χ3v) is 6.14. The van der Waals surface area contributed by atoms with Gasteiger partial charge in [-0.3, -0.25) is 0 Å². The van der Waals surface area contributed by atoms with E-state index in [0.29, 0.717) is 5.41 Å². The summed E-state index contributed by atoms with van der Waals surface area (Å²) in [6.07, 6.45) is 10.1. The van der Waals surface area contributed by atoms with Crippen molar-refractivity contribution in [3.05, 3.63) is 23.9 Å². The van der Waals surface area contributed by atoms with Crippen LogP contribution in [0.3, 0.4) is 0 Å². The first-order valence-electron chi connectivity index (χ1n) is 10.0. The average Bonchev–Trinajstić information content (AvgIpc) is 3.28. The van der Waals surface area contributed by atoms with Crippen molar-refractivity contribution in [3.63, 3.8) is 0 Å². The summed E-state index contributed by atoms with van der Waals surface area (Å²) in [5.41, 5.74) is 1.86. The maximum absolute atomic E-state index is 4.94. The molecule has 5 heteroatoms. The number of likely N-dealkylation sites (tertiary alicyclic amines) is 1. The third-order valence-electron chi connectivity index (χ3n) is 6.14. The summed E-state index contributed by atoms with van der Waals surface area (Å²) in [5.74, 6) is 2.20. The van der Waals surface area contributed by atoms with E-state index in [0.717, 1.165) is 44.5 Å². The van der Waals surface area contributed by atoms with Crippen LogP contribution < -0.4 is 10.2 Å². The van der Waals surface area contributed by atoms with E-state index in [1.807, 2.05) is 6.20 Å². The first-order valence-corrected chi connectivity index (χ1v) is 10.0. The number of hydrogen-bond acceptors (Lipinski definition) is 3. The van der Waals surface area contributed by atoms with E-state index >= 15 is 0 Å². The molecule has 25 heavy (non-hydrogen) atoms. The van der Waals surface area contributed by atoms with Crippen molar-refractivity contribution < 1.29 is 0 Å². The molecule has 1 N–H and O–H groups in total. The summed E-state index contributed by atoms with van der Waals surface area (Å²) in [6, 6.07) is 4.32. The maximum atomic E-state index is 4.94. The molecule has 1 aromatic rings. The Morgan fingerprint density at radius 1 is 1.20 bits per heavy atom. The second kappa shape index (κ2) is 7.22. The van der Waals surface area contributed by atoms with Crippen molar-refractivity contribution in [2.24, 2.45) is 10.4 Å². The smallest absolute Gasteiger partial charge is 0.194 e. The van der Waals surface area contributed by atoms with E-state index in [2.05, 4.69) is 39.2 Å². The van der Waals surface area contributed by atoms with Gasteiger partial charge >= 0.3 is 0 Å². The normalized spacial score (nSPS) is 22.5. The van der Waals surface area contributed by atoms with Gasteiger partial charge in [0.15, 0.2) is 5.96 Å². The van der Waals surface area contributed by atoms with Gasteiger partial charge in [0.25, 0.3) is 0 Å². The highest BCUT2D eigenvalue weighted by Gasteiger charge is 2.43. The van der Waals surface area contributed by atoms with Gasteiger partial charge in [0.1, 0.15) is 5.82 Å². The van der Waals surface area contributed by atoms with Crippen molar-refractivity contribution in [1.29, 1.82) is 0 Å². The molecule has 0 unspecified atom stereocenters. The molecule has 1 aromatic heterocycles. The highest BCUT2D eigenvalue weighted by Crippen LogP contribution is 2.47. The molecule has 2 aliphatic heterocycles. The van der Waals surface area contributed by atoms with Crippen LogP contribution in [0.2, 0.25) is 0 Å². The van der Waals surface area contributed by atoms with E-state index < -0.39 is 0 Å².